The third kappa shape index (κ3) is 4.84. The number of nitrogens with one attached hydrogen (secondary N) is 1. The first-order chi connectivity index (χ1) is 12.6. The number of amides is 1. The van der Waals surface area contributed by atoms with Crippen LogP contribution in [0.5, 0.6) is 0 Å². The normalized spacial score (nSPS) is 19.5. The van der Waals surface area contributed by atoms with Gasteiger partial charge < -0.3 is 10.1 Å². The van der Waals surface area contributed by atoms with Crippen molar-refractivity contribution in [2.45, 2.75) is 43.4 Å². The Balaban J connectivity index is 1.56. The van der Waals surface area contributed by atoms with Gasteiger partial charge in [-0.05, 0) is 37.0 Å². The van der Waals surface area contributed by atoms with Crippen LogP contribution in [0.3, 0.4) is 0 Å². The predicted octanol–water partition coefficient (Wildman–Crippen LogP) is 2.41. The molecular weight excluding hydrogens is 352 g/mol. The second kappa shape index (κ2) is 8.97. The number of carbonyl (C=O) groups is 1. The number of hydrogen-bond acceptors (Lipinski definition) is 4. The molecule has 0 aromatic heterocycles. The molecule has 0 spiro atoms. The summed E-state index contributed by atoms with van der Waals surface area (Å²) in [5.41, 5.74) is 0.389. The molecule has 3 rings (SSSR count). The minimum atomic E-state index is -3.58. The molecule has 6 nitrogen and oxygen atoms in total. The zero-order chi connectivity index (χ0) is 18.4. The molecule has 7 heteroatoms. The maximum absolute atomic E-state index is 12.7. The van der Waals surface area contributed by atoms with E-state index in [0.717, 1.165) is 18.8 Å². The summed E-state index contributed by atoms with van der Waals surface area (Å²) in [5.74, 6) is 0.601. The lowest BCUT2D eigenvalue weighted by Crippen LogP contribution is -2.40. The van der Waals surface area contributed by atoms with Gasteiger partial charge in [0.05, 0.1) is 18.1 Å². The number of morpholine rings is 1. The topological polar surface area (TPSA) is 75.7 Å². The Morgan fingerprint density at radius 1 is 1.19 bits per heavy atom. The highest BCUT2D eigenvalue weighted by Crippen LogP contribution is 2.28. The van der Waals surface area contributed by atoms with E-state index < -0.39 is 10.0 Å². The molecule has 1 aliphatic heterocycles. The third-order valence-electron chi connectivity index (χ3n) is 5.25. The first kappa shape index (κ1) is 19.3. The van der Waals surface area contributed by atoms with Gasteiger partial charge in [-0.1, -0.05) is 31.7 Å². The van der Waals surface area contributed by atoms with Crippen molar-refractivity contribution in [2.75, 3.05) is 32.8 Å². The molecule has 26 heavy (non-hydrogen) atoms. The summed E-state index contributed by atoms with van der Waals surface area (Å²) in [5, 5.41) is 2.91. The van der Waals surface area contributed by atoms with Crippen molar-refractivity contribution >= 4 is 15.9 Å². The summed E-state index contributed by atoms with van der Waals surface area (Å²) in [6, 6.07) is 6.30. The van der Waals surface area contributed by atoms with Gasteiger partial charge in [-0.25, -0.2) is 8.42 Å². The standard InChI is InChI=1S/C19H28N2O4S/c22-19(20-10-4-7-16-5-1-2-6-16)17-8-3-9-18(15-17)26(23,24)21-11-13-25-14-12-21/h3,8-9,15-16H,1-2,4-7,10-14H2,(H,20,22). The lowest BCUT2D eigenvalue weighted by Gasteiger charge is -2.26. The van der Waals surface area contributed by atoms with Gasteiger partial charge in [0.2, 0.25) is 10.0 Å². The fourth-order valence-corrected chi connectivity index (χ4v) is 5.18. The van der Waals surface area contributed by atoms with E-state index in [1.807, 2.05) is 0 Å². The number of carbonyl (C=O) groups excluding carboxylic acids is 1. The molecule has 1 aromatic carbocycles. The Kier molecular flexibility index (Phi) is 6.67. The lowest BCUT2D eigenvalue weighted by molar-refractivity contribution is 0.0730. The minimum absolute atomic E-state index is 0.165. The zero-order valence-corrected chi connectivity index (χ0v) is 16.0. The van der Waals surface area contributed by atoms with E-state index in [0.29, 0.717) is 38.4 Å². The second-order valence-electron chi connectivity index (χ2n) is 7.09. The molecule has 2 aliphatic rings. The highest BCUT2D eigenvalue weighted by atomic mass is 32.2. The van der Waals surface area contributed by atoms with E-state index in [2.05, 4.69) is 5.32 Å². The monoisotopic (exact) mass is 380 g/mol. The Labute approximate surface area is 156 Å². The first-order valence-electron chi connectivity index (χ1n) is 9.53. The van der Waals surface area contributed by atoms with E-state index in [4.69, 9.17) is 4.74 Å². The highest BCUT2D eigenvalue weighted by Gasteiger charge is 2.26. The molecule has 0 bridgehead atoms. The van der Waals surface area contributed by atoms with Crippen LogP contribution in [0.15, 0.2) is 29.2 Å². The average molecular weight is 381 g/mol. The molecule has 1 aromatic rings. The van der Waals surface area contributed by atoms with Crippen molar-refractivity contribution in [3.63, 3.8) is 0 Å². The summed E-state index contributed by atoms with van der Waals surface area (Å²) >= 11 is 0. The van der Waals surface area contributed by atoms with Gasteiger partial charge in [0, 0.05) is 25.2 Å². The van der Waals surface area contributed by atoms with Crippen LogP contribution in [0.25, 0.3) is 0 Å². The molecule has 0 unspecified atom stereocenters. The average Bonchev–Trinajstić information content (AvgIpc) is 3.19. The van der Waals surface area contributed by atoms with Crippen LogP contribution in [0, 0.1) is 5.92 Å². The minimum Gasteiger partial charge on any atom is -0.379 e. The molecule has 0 atom stereocenters. The fourth-order valence-electron chi connectivity index (χ4n) is 3.73. The Hall–Kier alpha value is -1.44. The van der Waals surface area contributed by atoms with Gasteiger partial charge in [0.15, 0.2) is 0 Å². The molecule has 1 amide bonds. The maximum Gasteiger partial charge on any atom is 0.251 e. The van der Waals surface area contributed by atoms with Crippen molar-refractivity contribution in [3.8, 4) is 0 Å². The van der Waals surface area contributed by atoms with Crippen LogP contribution in [0.1, 0.15) is 48.9 Å². The summed E-state index contributed by atoms with van der Waals surface area (Å²) in [4.78, 5) is 12.5. The number of rotatable bonds is 7. The van der Waals surface area contributed by atoms with Gasteiger partial charge in [-0.3, -0.25) is 4.79 Å². The van der Waals surface area contributed by atoms with Gasteiger partial charge >= 0.3 is 0 Å². The molecule has 0 radical (unpaired) electrons. The van der Waals surface area contributed by atoms with Crippen LogP contribution in [0.2, 0.25) is 0 Å². The second-order valence-corrected chi connectivity index (χ2v) is 9.03. The Morgan fingerprint density at radius 3 is 2.65 bits per heavy atom. The fraction of sp³-hybridized carbons (Fsp3) is 0.632. The molecule has 1 heterocycles. The van der Waals surface area contributed by atoms with Crippen LogP contribution >= 0.6 is 0 Å². The van der Waals surface area contributed by atoms with Gasteiger partial charge in [-0.15, -0.1) is 0 Å². The molecule has 144 valence electrons. The smallest absolute Gasteiger partial charge is 0.251 e. The van der Waals surface area contributed by atoms with Crippen molar-refractivity contribution in [2.24, 2.45) is 5.92 Å². The lowest BCUT2D eigenvalue weighted by atomic mass is 10.0. The summed E-state index contributed by atoms with van der Waals surface area (Å²) in [6.45, 7) is 2.14. The molecule has 1 N–H and O–H groups in total. The van der Waals surface area contributed by atoms with Crippen molar-refractivity contribution in [1.29, 1.82) is 0 Å². The van der Waals surface area contributed by atoms with Gasteiger partial charge in [-0.2, -0.15) is 4.31 Å². The number of sulfonamides is 1. The van der Waals surface area contributed by atoms with Crippen LogP contribution < -0.4 is 5.32 Å². The number of benzene rings is 1. The van der Waals surface area contributed by atoms with Gasteiger partial charge in [0.25, 0.3) is 5.91 Å². The predicted molar refractivity (Wildman–Crippen MR) is 99.5 cm³/mol. The SMILES string of the molecule is O=C(NCCCC1CCCC1)c1cccc(S(=O)(=O)N2CCOCC2)c1. The van der Waals surface area contributed by atoms with Crippen molar-refractivity contribution < 1.29 is 17.9 Å². The zero-order valence-electron chi connectivity index (χ0n) is 15.2. The number of hydrogen-bond donors (Lipinski definition) is 1. The molecule has 2 fully saturated rings. The van der Waals surface area contributed by atoms with Crippen molar-refractivity contribution in [1.82, 2.24) is 9.62 Å². The molecule has 1 aliphatic carbocycles. The molecule has 1 saturated carbocycles. The Morgan fingerprint density at radius 2 is 1.92 bits per heavy atom. The molecule has 1 saturated heterocycles. The van der Waals surface area contributed by atoms with E-state index >= 15 is 0 Å². The van der Waals surface area contributed by atoms with E-state index in [-0.39, 0.29) is 10.8 Å². The van der Waals surface area contributed by atoms with E-state index in [1.165, 1.54) is 36.1 Å². The van der Waals surface area contributed by atoms with Crippen molar-refractivity contribution in [3.05, 3.63) is 29.8 Å². The largest absolute Gasteiger partial charge is 0.379 e. The maximum atomic E-state index is 12.7. The van der Waals surface area contributed by atoms with Crippen LogP contribution in [-0.4, -0.2) is 51.5 Å². The van der Waals surface area contributed by atoms with Gasteiger partial charge in [0.1, 0.15) is 0 Å². The quantitative estimate of drug-likeness (QED) is 0.737. The van der Waals surface area contributed by atoms with Crippen LogP contribution in [0.4, 0.5) is 0 Å². The summed E-state index contributed by atoms with van der Waals surface area (Å²) in [7, 11) is -3.58. The van der Waals surface area contributed by atoms with E-state index in [9.17, 15) is 13.2 Å². The Bertz CT molecular complexity index is 708. The summed E-state index contributed by atoms with van der Waals surface area (Å²) in [6.07, 6.45) is 7.43. The first-order valence-corrected chi connectivity index (χ1v) is 11.0. The summed E-state index contributed by atoms with van der Waals surface area (Å²) < 4.78 is 32.0. The van der Waals surface area contributed by atoms with Crippen LogP contribution in [-0.2, 0) is 14.8 Å². The molecular formula is C19H28N2O4S. The number of ether oxygens (including phenoxy) is 1. The highest BCUT2D eigenvalue weighted by molar-refractivity contribution is 7.89. The number of nitrogens with zero attached hydrogens (tertiary/aromatic N) is 1. The third-order valence-corrected chi connectivity index (χ3v) is 7.15. The van der Waals surface area contributed by atoms with E-state index in [1.54, 1.807) is 18.2 Å².